The topological polar surface area (TPSA) is 111 Å². The number of benzene rings is 3. The predicted molar refractivity (Wildman–Crippen MR) is 163 cm³/mol. The first kappa shape index (κ1) is 30.8. The van der Waals surface area contributed by atoms with Crippen LogP contribution in [0, 0.1) is 13.8 Å². The Kier molecular flexibility index (Phi) is 8.50. The lowest BCUT2D eigenvalue weighted by Crippen LogP contribution is -2.49. The Morgan fingerprint density at radius 3 is 2.34 bits per heavy atom. The molecule has 0 bridgehead atoms. The van der Waals surface area contributed by atoms with Crippen LogP contribution in [-0.2, 0) is 37.4 Å². The fourth-order valence-corrected chi connectivity index (χ4v) is 5.69. The Bertz CT molecular complexity index is 1560. The van der Waals surface area contributed by atoms with Gasteiger partial charge in [-0.15, -0.1) is 0 Å². The number of imide groups is 1. The minimum absolute atomic E-state index is 0.0462. The second kappa shape index (κ2) is 12.1. The van der Waals surface area contributed by atoms with Crippen molar-refractivity contribution in [3.63, 3.8) is 0 Å². The highest BCUT2D eigenvalue weighted by atomic mass is 16.6. The second-order valence-electron chi connectivity index (χ2n) is 12.6. The highest BCUT2D eigenvalue weighted by Crippen LogP contribution is 2.51. The Hall–Kier alpha value is -4.66. The van der Waals surface area contributed by atoms with Crippen LogP contribution in [0.2, 0.25) is 0 Å². The molecule has 1 saturated heterocycles. The van der Waals surface area contributed by atoms with Crippen molar-refractivity contribution < 1.29 is 33.4 Å². The molecule has 3 aromatic carbocycles. The summed E-state index contributed by atoms with van der Waals surface area (Å²) in [6.45, 7) is 9.25. The van der Waals surface area contributed by atoms with Gasteiger partial charge in [-0.1, -0.05) is 72.3 Å². The molecule has 1 unspecified atom stereocenters. The summed E-state index contributed by atoms with van der Waals surface area (Å²) in [5, 5.41) is 2.84. The first-order chi connectivity index (χ1) is 20.9. The van der Waals surface area contributed by atoms with Crippen molar-refractivity contribution in [1.82, 2.24) is 10.2 Å². The van der Waals surface area contributed by atoms with Gasteiger partial charge in [0.1, 0.15) is 18.8 Å². The Morgan fingerprint density at radius 1 is 0.977 bits per heavy atom. The predicted octanol–water partition coefficient (Wildman–Crippen LogP) is 5.79. The molecule has 2 aliphatic rings. The number of hydrogen-bond acceptors (Lipinski definition) is 7. The van der Waals surface area contributed by atoms with Crippen LogP contribution in [0.5, 0.6) is 0 Å². The van der Waals surface area contributed by atoms with E-state index in [9.17, 15) is 19.2 Å². The molecule has 9 nitrogen and oxygen atoms in total. The first-order valence-electron chi connectivity index (χ1n) is 14.7. The smallest absolute Gasteiger partial charge is 0.417 e. The number of nitrogens with one attached hydrogen (secondary N) is 1. The summed E-state index contributed by atoms with van der Waals surface area (Å²) in [6.07, 6.45) is -0.609. The standard InChI is InChI=1S/C35H38N2O7/c1-22-11-16-28(23(2)17-22)30(38)42-20-25-12-14-26(15-13-25)35(19-29(35)36-32(40)44-34(3,4)5)31(39)37-27(21-43-33(37)41)18-24-9-7-6-8-10-24/h6-17,27,29H,18-21H2,1-5H3,(H,36,40)/t27-,29+,35?/m1/s1. The highest BCUT2D eigenvalue weighted by molar-refractivity contribution is 6.03. The van der Waals surface area contributed by atoms with Gasteiger partial charge in [0.2, 0.25) is 5.91 Å². The van der Waals surface area contributed by atoms with Crippen molar-refractivity contribution in [2.75, 3.05) is 6.61 Å². The molecule has 44 heavy (non-hydrogen) atoms. The largest absolute Gasteiger partial charge is 0.457 e. The van der Waals surface area contributed by atoms with Gasteiger partial charge < -0.3 is 19.5 Å². The first-order valence-corrected chi connectivity index (χ1v) is 14.7. The van der Waals surface area contributed by atoms with E-state index in [0.717, 1.165) is 22.3 Å². The Balaban J connectivity index is 1.36. The summed E-state index contributed by atoms with van der Waals surface area (Å²) >= 11 is 0. The summed E-state index contributed by atoms with van der Waals surface area (Å²) < 4.78 is 16.4. The summed E-state index contributed by atoms with van der Waals surface area (Å²) in [4.78, 5) is 53.8. The molecule has 0 aromatic heterocycles. The van der Waals surface area contributed by atoms with E-state index in [1.165, 1.54) is 4.90 Å². The summed E-state index contributed by atoms with van der Waals surface area (Å²) in [5.74, 6) is -0.852. The van der Waals surface area contributed by atoms with Gasteiger partial charge in [0.05, 0.1) is 23.1 Å². The molecule has 0 spiro atoms. The van der Waals surface area contributed by atoms with Crippen LogP contribution >= 0.6 is 0 Å². The Labute approximate surface area is 257 Å². The maximum absolute atomic E-state index is 14.3. The fraction of sp³-hybridized carbons (Fsp3) is 0.371. The summed E-state index contributed by atoms with van der Waals surface area (Å²) in [6, 6.07) is 21.2. The van der Waals surface area contributed by atoms with Gasteiger partial charge in [-0.25, -0.2) is 19.3 Å². The van der Waals surface area contributed by atoms with Gasteiger partial charge >= 0.3 is 18.2 Å². The molecule has 1 aliphatic carbocycles. The molecule has 1 N–H and O–H groups in total. The van der Waals surface area contributed by atoms with Crippen LogP contribution in [0.25, 0.3) is 0 Å². The van der Waals surface area contributed by atoms with Crippen LogP contribution in [0.4, 0.5) is 9.59 Å². The zero-order valence-electron chi connectivity index (χ0n) is 25.7. The number of carbonyl (C=O) groups excluding carboxylic acids is 4. The third kappa shape index (κ3) is 6.61. The third-order valence-corrected chi connectivity index (χ3v) is 7.97. The molecule has 230 valence electrons. The minimum atomic E-state index is -1.19. The van der Waals surface area contributed by atoms with Crippen molar-refractivity contribution in [2.45, 2.75) is 77.2 Å². The summed E-state index contributed by atoms with van der Waals surface area (Å²) in [7, 11) is 0. The van der Waals surface area contributed by atoms with Gasteiger partial charge in [0.25, 0.3) is 0 Å². The van der Waals surface area contributed by atoms with Crippen LogP contribution in [-0.4, -0.2) is 53.3 Å². The van der Waals surface area contributed by atoms with Crippen molar-refractivity contribution in [2.24, 2.45) is 0 Å². The number of hydrogen-bond donors (Lipinski definition) is 1. The maximum atomic E-state index is 14.3. The number of cyclic esters (lactones) is 1. The molecule has 1 saturated carbocycles. The van der Waals surface area contributed by atoms with E-state index in [0.29, 0.717) is 17.5 Å². The van der Waals surface area contributed by atoms with E-state index >= 15 is 0 Å². The van der Waals surface area contributed by atoms with Crippen molar-refractivity contribution in [1.29, 1.82) is 0 Å². The minimum Gasteiger partial charge on any atom is -0.457 e. The number of nitrogens with zero attached hydrogens (tertiary/aromatic N) is 1. The van der Waals surface area contributed by atoms with E-state index in [1.54, 1.807) is 51.1 Å². The van der Waals surface area contributed by atoms with Crippen molar-refractivity contribution >= 4 is 24.1 Å². The lowest BCUT2D eigenvalue weighted by atomic mass is 9.91. The number of alkyl carbamates (subject to hydrolysis) is 1. The number of amides is 3. The molecule has 1 aliphatic heterocycles. The average molecular weight is 599 g/mol. The van der Waals surface area contributed by atoms with E-state index < -0.39 is 47.2 Å². The molecular formula is C35H38N2O7. The fourth-order valence-electron chi connectivity index (χ4n) is 5.69. The average Bonchev–Trinajstić information content (AvgIpc) is 3.57. The Morgan fingerprint density at radius 2 is 1.68 bits per heavy atom. The van der Waals surface area contributed by atoms with Gasteiger partial charge in [-0.05, 0) is 75.8 Å². The lowest BCUT2D eigenvalue weighted by Gasteiger charge is -2.27. The van der Waals surface area contributed by atoms with Gasteiger partial charge in [0, 0.05) is 0 Å². The zero-order valence-corrected chi connectivity index (χ0v) is 25.7. The molecule has 1 heterocycles. The molecule has 9 heteroatoms. The second-order valence-corrected chi connectivity index (χ2v) is 12.6. The van der Waals surface area contributed by atoms with E-state index in [4.69, 9.17) is 14.2 Å². The lowest BCUT2D eigenvalue weighted by molar-refractivity contribution is -0.132. The molecule has 2 fully saturated rings. The normalized spacial score (nSPS) is 20.9. The summed E-state index contributed by atoms with van der Waals surface area (Å²) in [5.41, 5.74) is 2.83. The highest BCUT2D eigenvalue weighted by Gasteiger charge is 2.65. The number of rotatable bonds is 8. The van der Waals surface area contributed by atoms with Crippen LogP contribution in [0.15, 0.2) is 72.8 Å². The van der Waals surface area contributed by atoms with Gasteiger partial charge in [-0.3, -0.25) is 4.79 Å². The SMILES string of the molecule is Cc1ccc(C(=O)OCc2ccc(C3(C(=O)N4C(=O)OC[C@H]4Cc4ccccc4)C[C@@H]3NC(=O)OC(C)(C)C)cc2)c(C)c1. The van der Waals surface area contributed by atoms with Crippen LogP contribution in [0.3, 0.4) is 0 Å². The number of ether oxygens (including phenoxy) is 3. The van der Waals surface area contributed by atoms with Gasteiger partial charge in [-0.2, -0.15) is 0 Å². The molecular weight excluding hydrogens is 560 g/mol. The van der Waals surface area contributed by atoms with E-state index in [1.807, 2.05) is 56.3 Å². The van der Waals surface area contributed by atoms with E-state index in [-0.39, 0.29) is 19.6 Å². The number of aryl methyl sites for hydroxylation is 2. The maximum Gasteiger partial charge on any atom is 0.417 e. The zero-order chi connectivity index (χ0) is 31.6. The molecule has 3 amide bonds. The van der Waals surface area contributed by atoms with Crippen LogP contribution in [0.1, 0.15) is 65.4 Å². The van der Waals surface area contributed by atoms with Crippen LogP contribution < -0.4 is 5.32 Å². The van der Waals surface area contributed by atoms with Gasteiger partial charge in [0.15, 0.2) is 0 Å². The number of esters is 1. The number of carbonyl (C=O) groups is 4. The van der Waals surface area contributed by atoms with Crippen molar-refractivity contribution in [3.05, 3.63) is 106 Å². The monoisotopic (exact) mass is 598 g/mol. The molecule has 0 radical (unpaired) electrons. The van der Waals surface area contributed by atoms with E-state index in [2.05, 4.69) is 5.32 Å². The molecule has 3 atom stereocenters. The molecule has 3 aromatic rings. The third-order valence-electron chi connectivity index (χ3n) is 7.97. The molecule has 5 rings (SSSR count). The quantitative estimate of drug-likeness (QED) is 0.258. The van der Waals surface area contributed by atoms with Crippen molar-refractivity contribution in [3.8, 4) is 0 Å².